The van der Waals surface area contributed by atoms with Crippen molar-refractivity contribution >= 4 is 23.3 Å². The molecule has 1 atom stereocenters. The number of fused-ring (bicyclic) bond motifs is 1. The lowest BCUT2D eigenvalue weighted by molar-refractivity contribution is -0.120. The monoisotopic (exact) mass is 406 g/mol. The van der Waals surface area contributed by atoms with E-state index in [0.717, 1.165) is 23.3 Å². The maximum absolute atomic E-state index is 13.1. The quantitative estimate of drug-likeness (QED) is 0.702. The zero-order valence-corrected chi connectivity index (χ0v) is 17.5. The summed E-state index contributed by atoms with van der Waals surface area (Å²) in [6, 6.07) is 12.8. The summed E-state index contributed by atoms with van der Waals surface area (Å²) in [5.74, 6) is -0.213. The van der Waals surface area contributed by atoms with E-state index in [0.29, 0.717) is 18.7 Å². The van der Waals surface area contributed by atoms with E-state index in [-0.39, 0.29) is 5.91 Å². The molecule has 0 radical (unpaired) electrons. The Kier molecular flexibility index (Phi) is 5.20. The Balaban J connectivity index is 1.56. The number of rotatable bonds is 3. The largest absolute Gasteiger partial charge is 0.444 e. The first-order valence-electron chi connectivity index (χ1n) is 10.2. The predicted molar refractivity (Wildman–Crippen MR) is 115 cm³/mol. The zero-order valence-electron chi connectivity index (χ0n) is 17.5. The molecule has 4 rings (SSSR count). The first-order valence-corrected chi connectivity index (χ1v) is 10.2. The second-order valence-corrected chi connectivity index (χ2v) is 8.46. The Labute approximate surface area is 175 Å². The number of imidazole rings is 1. The molecule has 0 spiro atoms. The summed E-state index contributed by atoms with van der Waals surface area (Å²) < 4.78 is 7.41. The number of likely N-dealkylation sites (tertiary alicyclic amines) is 1. The molecule has 1 aliphatic heterocycles. The van der Waals surface area contributed by atoms with Gasteiger partial charge < -0.3 is 14.5 Å². The third-order valence-electron chi connectivity index (χ3n) is 5.01. The van der Waals surface area contributed by atoms with Crippen molar-refractivity contribution in [2.45, 2.75) is 45.3 Å². The Hall–Kier alpha value is -3.35. The van der Waals surface area contributed by atoms with Crippen LogP contribution >= 0.6 is 0 Å². The van der Waals surface area contributed by atoms with E-state index in [1.54, 1.807) is 0 Å². The molecule has 1 unspecified atom stereocenters. The van der Waals surface area contributed by atoms with Crippen LogP contribution in [0.25, 0.3) is 16.9 Å². The minimum absolute atomic E-state index is 0.213. The molecule has 7 heteroatoms. The SMILES string of the molecule is CC(C)(C)OC(=O)N1CCCC1C(=O)Nc1ccccc1-c1cn2ccccc2n1. The van der Waals surface area contributed by atoms with Crippen LogP contribution < -0.4 is 5.32 Å². The van der Waals surface area contributed by atoms with Gasteiger partial charge in [-0.2, -0.15) is 0 Å². The summed E-state index contributed by atoms with van der Waals surface area (Å²) >= 11 is 0. The van der Waals surface area contributed by atoms with Crippen LogP contribution in [0.15, 0.2) is 54.9 Å². The lowest BCUT2D eigenvalue weighted by Gasteiger charge is -2.28. The van der Waals surface area contributed by atoms with Crippen molar-refractivity contribution in [2.24, 2.45) is 0 Å². The van der Waals surface area contributed by atoms with E-state index in [1.807, 2.05) is 80.0 Å². The van der Waals surface area contributed by atoms with Gasteiger partial charge in [0.15, 0.2) is 0 Å². The van der Waals surface area contributed by atoms with Crippen molar-refractivity contribution in [3.8, 4) is 11.3 Å². The smallest absolute Gasteiger partial charge is 0.410 e. The van der Waals surface area contributed by atoms with Crippen molar-refractivity contribution in [3.63, 3.8) is 0 Å². The Morgan fingerprint density at radius 3 is 2.67 bits per heavy atom. The Morgan fingerprint density at radius 1 is 1.13 bits per heavy atom. The second-order valence-electron chi connectivity index (χ2n) is 8.46. The molecule has 0 saturated carbocycles. The maximum Gasteiger partial charge on any atom is 0.410 e. The van der Waals surface area contributed by atoms with Crippen LogP contribution in [0, 0.1) is 0 Å². The van der Waals surface area contributed by atoms with Gasteiger partial charge in [-0.15, -0.1) is 0 Å². The van der Waals surface area contributed by atoms with Gasteiger partial charge in [-0.1, -0.05) is 24.3 Å². The van der Waals surface area contributed by atoms with E-state index >= 15 is 0 Å². The molecule has 2 amide bonds. The topological polar surface area (TPSA) is 75.9 Å². The van der Waals surface area contributed by atoms with E-state index in [2.05, 4.69) is 10.3 Å². The minimum atomic E-state index is -0.601. The third kappa shape index (κ3) is 4.15. The van der Waals surface area contributed by atoms with Crippen LogP contribution in [0.5, 0.6) is 0 Å². The number of ether oxygens (including phenoxy) is 1. The normalized spacial score (nSPS) is 16.6. The van der Waals surface area contributed by atoms with Crippen molar-refractivity contribution in [1.82, 2.24) is 14.3 Å². The number of para-hydroxylation sites is 1. The van der Waals surface area contributed by atoms with Crippen LogP contribution in [0.3, 0.4) is 0 Å². The number of amides is 2. The maximum atomic E-state index is 13.1. The van der Waals surface area contributed by atoms with E-state index in [9.17, 15) is 9.59 Å². The summed E-state index contributed by atoms with van der Waals surface area (Å²) in [5.41, 5.74) is 2.50. The second kappa shape index (κ2) is 7.82. The molecule has 2 aromatic heterocycles. The molecular weight excluding hydrogens is 380 g/mol. The number of pyridine rings is 1. The predicted octanol–water partition coefficient (Wildman–Crippen LogP) is 4.34. The number of hydrogen-bond donors (Lipinski definition) is 1. The molecule has 0 aliphatic carbocycles. The van der Waals surface area contributed by atoms with Crippen LogP contribution in [0.1, 0.15) is 33.6 Å². The summed E-state index contributed by atoms with van der Waals surface area (Å²) in [4.78, 5) is 31.8. The number of nitrogens with zero attached hydrogens (tertiary/aromatic N) is 3. The summed E-state index contributed by atoms with van der Waals surface area (Å²) in [5, 5.41) is 3.01. The third-order valence-corrected chi connectivity index (χ3v) is 5.01. The Morgan fingerprint density at radius 2 is 1.90 bits per heavy atom. The number of anilines is 1. The van der Waals surface area contributed by atoms with Gasteiger partial charge in [0, 0.05) is 24.5 Å². The lowest BCUT2D eigenvalue weighted by Crippen LogP contribution is -2.45. The highest BCUT2D eigenvalue weighted by Crippen LogP contribution is 2.29. The number of aromatic nitrogens is 2. The molecular formula is C23H26N4O3. The lowest BCUT2D eigenvalue weighted by atomic mass is 10.1. The van der Waals surface area contributed by atoms with Gasteiger partial charge in [0.2, 0.25) is 5.91 Å². The standard InChI is InChI=1S/C23H26N4O3/c1-23(2,3)30-22(29)27-14-8-11-19(27)21(28)25-17-10-5-4-9-16(17)18-15-26-13-7-6-12-20(26)24-18/h4-7,9-10,12-13,15,19H,8,11,14H2,1-3H3,(H,25,28). The molecule has 3 heterocycles. The van der Waals surface area contributed by atoms with Gasteiger partial charge in [0.1, 0.15) is 17.3 Å². The van der Waals surface area contributed by atoms with Crippen LogP contribution in [0.4, 0.5) is 10.5 Å². The van der Waals surface area contributed by atoms with Gasteiger partial charge in [-0.3, -0.25) is 9.69 Å². The van der Waals surface area contributed by atoms with Crippen LogP contribution in [-0.4, -0.2) is 44.5 Å². The highest BCUT2D eigenvalue weighted by Gasteiger charge is 2.36. The van der Waals surface area contributed by atoms with E-state index in [4.69, 9.17) is 4.74 Å². The highest BCUT2D eigenvalue weighted by molar-refractivity contribution is 5.99. The van der Waals surface area contributed by atoms with Gasteiger partial charge >= 0.3 is 6.09 Å². The molecule has 1 saturated heterocycles. The number of benzene rings is 1. The van der Waals surface area contributed by atoms with Gasteiger partial charge in [0.25, 0.3) is 0 Å². The fourth-order valence-electron chi connectivity index (χ4n) is 3.67. The number of hydrogen-bond acceptors (Lipinski definition) is 4. The molecule has 1 aliphatic rings. The summed E-state index contributed by atoms with van der Waals surface area (Å²) in [6.45, 7) is 5.98. The minimum Gasteiger partial charge on any atom is -0.444 e. The number of carbonyl (C=O) groups is 2. The van der Waals surface area contributed by atoms with Gasteiger partial charge in [-0.05, 0) is 51.8 Å². The molecule has 7 nitrogen and oxygen atoms in total. The molecule has 1 aromatic carbocycles. The molecule has 1 fully saturated rings. The number of nitrogens with one attached hydrogen (secondary N) is 1. The highest BCUT2D eigenvalue weighted by atomic mass is 16.6. The average Bonchev–Trinajstić information content (AvgIpc) is 3.34. The Bertz CT molecular complexity index is 1050. The van der Waals surface area contributed by atoms with Crippen molar-refractivity contribution < 1.29 is 14.3 Å². The van der Waals surface area contributed by atoms with Crippen molar-refractivity contribution in [1.29, 1.82) is 0 Å². The fourth-order valence-corrected chi connectivity index (χ4v) is 3.67. The summed E-state index contributed by atoms with van der Waals surface area (Å²) in [6.07, 6.45) is 4.80. The first-order chi connectivity index (χ1) is 14.3. The van der Waals surface area contributed by atoms with E-state index in [1.165, 1.54) is 4.90 Å². The molecule has 0 bridgehead atoms. The summed E-state index contributed by atoms with van der Waals surface area (Å²) in [7, 11) is 0. The molecule has 1 N–H and O–H groups in total. The first kappa shape index (κ1) is 19.9. The van der Waals surface area contributed by atoms with Gasteiger partial charge in [0.05, 0.1) is 11.4 Å². The average molecular weight is 406 g/mol. The molecule has 156 valence electrons. The molecule has 30 heavy (non-hydrogen) atoms. The van der Waals surface area contributed by atoms with Crippen LogP contribution in [-0.2, 0) is 9.53 Å². The zero-order chi connectivity index (χ0) is 21.3. The number of carbonyl (C=O) groups excluding carboxylic acids is 2. The molecule has 3 aromatic rings. The van der Waals surface area contributed by atoms with Gasteiger partial charge in [-0.25, -0.2) is 9.78 Å². The van der Waals surface area contributed by atoms with Crippen LogP contribution in [0.2, 0.25) is 0 Å². The van der Waals surface area contributed by atoms with E-state index < -0.39 is 17.7 Å². The van der Waals surface area contributed by atoms with Crippen molar-refractivity contribution in [2.75, 3.05) is 11.9 Å². The fraction of sp³-hybridized carbons (Fsp3) is 0.348. The van der Waals surface area contributed by atoms with Crippen molar-refractivity contribution in [3.05, 3.63) is 54.9 Å².